The summed E-state index contributed by atoms with van der Waals surface area (Å²) < 4.78 is 20.3. The van der Waals surface area contributed by atoms with E-state index >= 15 is 0 Å². The van der Waals surface area contributed by atoms with Crippen molar-refractivity contribution in [3.05, 3.63) is 57.8 Å². The molecule has 0 unspecified atom stereocenters. The summed E-state index contributed by atoms with van der Waals surface area (Å²) in [6.45, 7) is 2.65. The molecule has 0 amide bonds. The number of halogens is 2. The summed E-state index contributed by atoms with van der Waals surface area (Å²) in [6.07, 6.45) is 2.41. The van der Waals surface area contributed by atoms with Crippen LogP contribution in [0.2, 0.25) is 0 Å². The van der Waals surface area contributed by atoms with Gasteiger partial charge in [0.05, 0.1) is 4.47 Å². The second-order valence-electron chi connectivity index (χ2n) is 5.44. The summed E-state index contributed by atoms with van der Waals surface area (Å²) in [5.41, 5.74) is 2.00. The SMILES string of the molecule is Cc1ccc(Oc2ccc(F)cc2CNC2CC2)c(Br)c1. The van der Waals surface area contributed by atoms with Gasteiger partial charge in [-0.3, -0.25) is 0 Å². The van der Waals surface area contributed by atoms with Gasteiger partial charge in [-0.2, -0.15) is 0 Å². The molecule has 3 rings (SSSR count). The third-order valence-electron chi connectivity index (χ3n) is 3.49. The van der Waals surface area contributed by atoms with Crippen LogP contribution in [0, 0.1) is 12.7 Å². The number of rotatable bonds is 5. The van der Waals surface area contributed by atoms with Crippen LogP contribution in [0.1, 0.15) is 24.0 Å². The van der Waals surface area contributed by atoms with Gasteiger partial charge in [-0.25, -0.2) is 4.39 Å². The molecular formula is C17H17BrFNO. The first-order valence-corrected chi connectivity index (χ1v) is 7.87. The van der Waals surface area contributed by atoms with E-state index in [0.29, 0.717) is 18.3 Å². The minimum absolute atomic E-state index is 0.238. The first kappa shape index (κ1) is 14.5. The van der Waals surface area contributed by atoms with Crippen molar-refractivity contribution in [3.8, 4) is 11.5 Å². The summed E-state index contributed by atoms with van der Waals surface area (Å²) in [5.74, 6) is 1.19. The van der Waals surface area contributed by atoms with Crippen LogP contribution in [-0.2, 0) is 6.54 Å². The van der Waals surface area contributed by atoms with Gasteiger partial charge in [-0.1, -0.05) is 6.07 Å². The van der Waals surface area contributed by atoms with Crippen LogP contribution in [-0.4, -0.2) is 6.04 Å². The predicted molar refractivity (Wildman–Crippen MR) is 85.2 cm³/mol. The van der Waals surface area contributed by atoms with Crippen LogP contribution in [0.4, 0.5) is 4.39 Å². The van der Waals surface area contributed by atoms with Crippen molar-refractivity contribution in [2.24, 2.45) is 0 Å². The van der Waals surface area contributed by atoms with Crippen LogP contribution in [0.25, 0.3) is 0 Å². The van der Waals surface area contributed by atoms with Gasteiger partial charge in [-0.15, -0.1) is 0 Å². The van der Waals surface area contributed by atoms with Crippen LogP contribution >= 0.6 is 15.9 Å². The molecule has 1 saturated carbocycles. The Kier molecular flexibility index (Phi) is 4.27. The highest BCUT2D eigenvalue weighted by molar-refractivity contribution is 9.10. The van der Waals surface area contributed by atoms with E-state index in [9.17, 15) is 4.39 Å². The Balaban J connectivity index is 1.82. The van der Waals surface area contributed by atoms with Gasteiger partial charge in [0.1, 0.15) is 17.3 Å². The summed E-state index contributed by atoms with van der Waals surface area (Å²) in [6, 6.07) is 11.1. The van der Waals surface area contributed by atoms with E-state index in [1.54, 1.807) is 6.07 Å². The zero-order valence-electron chi connectivity index (χ0n) is 11.8. The predicted octanol–water partition coefficient (Wildman–Crippen LogP) is 4.94. The average Bonchev–Trinajstić information content (AvgIpc) is 3.26. The summed E-state index contributed by atoms with van der Waals surface area (Å²) in [5, 5.41) is 3.39. The molecule has 1 aliphatic rings. The Hall–Kier alpha value is -1.39. The van der Waals surface area contributed by atoms with E-state index in [4.69, 9.17) is 4.74 Å². The smallest absolute Gasteiger partial charge is 0.141 e. The standard InChI is InChI=1S/C17H17BrFNO/c1-11-2-6-17(15(18)8-11)21-16-7-3-13(19)9-12(16)10-20-14-4-5-14/h2-3,6-9,14,20H,4-5,10H2,1H3. The molecule has 1 aliphatic carbocycles. The molecule has 0 radical (unpaired) electrons. The number of hydrogen-bond donors (Lipinski definition) is 1. The number of hydrogen-bond acceptors (Lipinski definition) is 2. The Morgan fingerprint density at radius 2 is 1.95 bits per heavy atom. The third-order valence-corrected chi connectivity index (χ3v) is 4.11. The lowest BCUT2D eigenvalue weighted by Crippen LogP contribution is -2.16. The first-order chi connectivity index (χ1) is 10.1. The molecule has 4 heteroatoms. The number of nitrogens with one attached hydrogen (secondary N) is 1. The van der Waals surface area contributed by atoms with Crippen molar-refractivity contribution in [1.82, 2.24) is 5.32 Å². The molecule has 0 heterocycles. The minimum Gasteiger partial charge on any atom is -0.456 e. The lowest BCUT2D eigenvalue weighted by atomic mass is 10.2. The second-order valence-corrected chi connectivity index (χ2v) is 6.30. The zero-order valence-corrected chi connectivity index (χ0v) is 13.4. The maximum atomic E-state index is 13.5. The molecule has 1 N–H and O–H groups in total. The summed E-state index contributed by atoms with van der Waals surface area (Å²) in [4.78, 5) is 0. The average molecular weight is 350 g/mol. The van der Waals surface area contributed by atoms with Crippen LogP contribution in [0.5, 0.6) is 11.5 Å². The van der Waals surface area contributed by atoms with Gasteiger partial charge in [0.2, 0.25) is 0 Å². The fourth-order valence-electron chi connectivity index (χ4n) is 2.13. The number of benzene rings is 2. The molecule has 0 atom stereocenters. The van der Waals surface area contributed by atoms with Crippen molar-refractivity contribution >= 4 is 15.9 Å². The van der Waals surface area contributed by atoms with Crippen LogP contribution < -0.4 is 10.1 Å². The second kappa shape index (κ2) is 6.16. The number of ether oxygens (including phenoxy) is 1. The zero-order chi connectivity index (χ0) is 14.8. The molecule has 110 valence electrons. The monoisotopic (exact) mass is 349 g/mol. The lowest BCUT2D eigenvalue weighted by Gasteiger charge is -2.13. The minimum atomic E-state index is -0.238. The fourth-order valence-corrected chi connectivity index (χ4v) is 2.71. The van der Waals surface area contributed by atoms with Gasteiger partial charge in [0.25, 0.3) is 0 Å². The largest absolute Gasteiger partial charge is 0.456 e. The summed E-state index contributed by atoms with van der Waals surface area (Å²) >= 11 is 3.50. The van der Waals surface area contributed by atoms with Crippen molar-refractivity contribution in [2.75, 3.05) is 0 Å². The van der Waals surface area contributed by atoms with E-state index in [2.05, 4.69) is 21.2 Å². The quantitative estimate of drug-likeness (QED) is 0.825. The molecule has 2 nitrogen and oxygen atoms in total. The number of aryl methyl sites for hydroxylation is 1. The summed E-state index contributed by atoms with van der Waals surface area (Å²) in [7, 11) is 0. The van der Waals surface area contributed by atoms with E-state index < -0.39 is 0 Å². The van der Waals surface area contributed by atoms with E-state index in [0.717, 1.165) is 21.3 Å². The van der Waals surface area contributed by atoms with Crippen molar-refractivity contribution in [1.29, 1.82) is 0 Å². The molecule has 21 heavy (non-hydrogen) atoms. The van der Waals surface area contributed by atoms with Crippen molar-refractivity contribution < 1.29 is 9.13 Å². The maximum Gasteiger partial charge on any atom is 0.141 e. The van der Waals surface area contributed by atoms with Crippen LogP contribution in [0.3, 0.4) is 0 Å². The molecule has 0 saturated heterocycles. The maximum absolute atomic E-state index is 13.5. The lowest BCUT2D eigenvalue weighted by molar-refractivity contribution is 0.467. The molecule has 1 fully saturated rings. The van der Waals surface area contributed by atoms with E-state index in [-0.39, 0.29) is 5.82 Å². The Morgan fingerprint density at radius 3 is 2.67 bits per heavy atom. The molecule has 2 aromatic carbocycles. The van der Waals surface area contributed by atoms with Crippen LogP contribution in [0.15, 0.2) is 40.9 Å². The van der Waals surface area contributed by atoms with Gasteiger partial charge < -0.3 is 10.1 Å². The highest BCUT2D eigenvalue weighted by Crippen LogP contribution is 2.33. The molecule has 0 spiro atoms. The molecule has 0 aromatic heterocycles. The van der Waals surface area contributed by atoms with E-state index in [1.807, 2.05) is 25.1 Å². The Bertz CT molecular complexity index is 655. The van der Waals surface area contributed by atoms with Crippen molar-refractivity contribution in [2.45, 2.75) is 32.4 Å². The Labute approximate surface area is 132 Å². The Morgan fingerprint density at radius 1 is 1.19 bits per heavy atom. The van der Waals surface area contributed by atoms with E-state index in [1.165, 1.54) is 25.0 Å². The van der Waals surface area contributed by atoms with Crippen molar-refractivity contribution in [3.63, 3.8) is 0 Å². The normalized spacial score (nSPS) is 14.2. The molecule has 0 aliphatic heterocycles. The molecule has 2 aromatic rings. The third kappa shape index (κ3) is 3.83. The fraction of sp³-hybridized carbons (Fsp3) is 0.294. The molecular weight excluding hydrogens is 333 g/mol. The van der Waals surface area contributed by atoms with Gasteiger partial charge in [0, 0.05) is 18.2 Å². The topological polar surface area (TPSA) is 21.3 Å². The van der Waals surface area contributed by atoms with Gasteiger partial charge in [-0.05, 0) is 71.6 Å². The highest BCUT2D eigenvalue weighted by Gasteiger charge is 2.21. The molecule has 0 bridgehead atoms. The van der Waals surface area contributed by atoms with Gasteiger partial charge in [0.15, 0.2) is 0 Å². The van der Waals surface area contributed by atoms with Gasteiger partial charge >= 0.3 is 0 Å². The first-order valence-electron chi connectivity index (χ1n) is 7.07. The highest BCUT2D eigenvalue weighted by atomic mass is 79.9.